The highest BCUT2D eigenvalue weighted by molar-refractivity contribution is 7.89. The third-order valence-corrected chi connectivity index (χ3v) is 6.78. The number of hydrogen-bond acceptors (Lipinski definition) is 6. The Hall–Kier alpha value is -2.82. The van der Waals surface area contributed by atoms with E-state index in [1.165, 1.54) is 23.5 Å². The lowest BCUT2D eigenvalue weighted by Gasteiger charge is -2.20. The molecule has 0 spiro atoms. The van der Waals surface area contributed by atoms with Gasteiger partial charge in [0.15, 0.2) is 5.13 Å². The minimum absolute atomic E-state index is 0.0609. The number of amides is 2. The first-order chi connectivity index (χ1) is 14.7. The van der Waals surface area contributed by atoms with Crippen LogP contribution in [-0.4, -0.2) is 37.8 Å². The Balaban J connectivity index is 1.61. The Kier molecular flexibility index (Phi) is 7.37. The van der Waals surface area contributed by atoms with E-state index in [1.807, 2.05) is 38.1 Å². The van der Waals surface area contributed by atoms with E-state index in [9.17, 15) is 18.0 Å². The summed E-state index contributed by atoms with van der Waals surface area (Å²) in [4.78, 5) is 29.3. The summed E-state index contributed by atoms with van der Waals surface area (Å²) in [6.45, 7) is 3.48. The lowest BCUT2D eigenvalue weighted by molar-refractivity contribution is -0.125. The van der Waals surface area contributed by atoms with Crippen LogP contribution >= 0.6 is 11.3 Å². The highest BCUT2D eigenvalue weighted by Gasteiger charge is 2.26. The largest absolute Gasteiger partial charge is 0.346 e. The van der Waals surface area contributed by atoms with E-state index in [-0.39, 0.29) is 23.8 Å². The molecule has 1 aromatic heterocycles. The highest BCUT2D eigenvalue weighted by Crippen LogP contribution is 2.25. The van der Waals surface area contributed by atoms with Crippen molar-refractivity contribution in [2.45, 2.75) is 31.2 Å². The quantitative estimate of drug-likeness (QED) is 0.454. The SMILES string of the molecule is CC(C)C[C@H](NS(=O)(=O)c1ccccc1)C(=O)NCC(=O)Nc1nc2ccccc2s1. The number of carbonyl (C=O) groups excluding carboxylic acids is 2. The molecule has 0 aliphatic heterocycles. The van der Waals surface area contributed by atoms with Crippen molar-refractivity contribution in [2.75, 3.05) is 11.9 Å². The lowest BCUT2D eigenvalue weighted by atomic mass is 10.0. The number of rotatable bonds is 9. The van der Waals surface area contributed by atoms with Crippen molar-refractivity contribution in [3.8, 4) is 0 Å². The molecule has 0 saturated heterocycles. The van der Waals surface area contributed by atoms with Crippen LogP contribution in [0.25, 0.3) is 10.2 Å². The zero-order valence-electron chi connectivity index (χ0n) is 17.2. The molecule has 0 radical (unpaired) electrons. The number of hydrogen-bond donors (Lipinski definition) is 3. The van der Waals surface area contributed by atoms with E-state index in [0.717, 1.165) is 10.2 Å². The zero-order valence-corrected chi connectivity index (χ0v) is 18.8. The van der Waals surface area contributed by atoms with Crippen molar-refractivity contribution in [2.24, 2.45) is 5.92 Å². The first-order valence-electron chi connectivity index (χ1n) is 9.75. The number of nitrogens with one attached hydrogen (secondary N) is 3. The van der Waals surface area contributed by atoms with Gasteiger partial charge in [-0.05, 0) is 36.6 Å². The topological polar surface area (TPSA) is 117 Å². The molecule has 0 unspecified atom stereocenters. The average Bonchev–Trinajstić information content (AvgIpc) is 3.14. The molecule has 2 amide bonds. The number of anilines is 1. The number of fused-ring (bicyclic) bond motifs is 1. The Morgan fingerprint density at radius 2 is 1.71 bits per heavy atom. The van der Waals surface area contributed by atoms with Gasteiger partial charge in [0.05, 0.1) is 21.7 Å². The molecule has 3 aromatic rings. The smallest absolute Gasteiger partial charge is 0.245 e. The van der Waals surface area contributed by atoms with Gasteiger partial charge < -0.3 is 10.6 Å². The van der Waals surface area contributed by atoms with Crippen molar-refractivity contribution in [3.63, 3.8) is 0 Å². The molecule has 164 valence electrons. The molecule has 3 N–H and O–H groups in total. The van der Waals surface area contributed by atoms with Crippen molar-refractivity contribution >= 4 is 48.5 Å². The van der Waals surface area contributed by atoms with Gasteiger partial charge in [-0.1, -0.05) is 55.5 Å². The predicted molar refractivity (Wildman–Crippen MR) is 121 cm³/mol. The number of thiazole rings is 1. The second kappa shape index (κ2) is 9.99. The van der Waals surface area contributed by atoms with Crippen LogP contribution in [0.15, 0.2) is 59.5 Å². The molecular weight excluding hydrogens is 436 g/mol. The van der Waals surface area contributed by atoms with Gasteiger partial charge in [-0.3, -0.25) is 9.59 Å². The highest BCUT2D eigenvalue weighted by atomic mass is 32.2. The molecule has 3 rings (SSSR count). The predicted octanol–water partition coefficient (Wildman–Crippen LogP) is 2.74. The molecule has 10 heteroatoms. The summed E-state index contributed by atoms with van der Waals surface area (Å²) in [7, 11) is -3.87. The Labute approximate surface area is 185 Å². The molecule has 1 heterocycles. The maximum absolute atomic E-state index is 12.7. The van der Waals surface area contributed by atoms with Crippen LogP contribution in [0, 0.1) is 5.92 Å². The summed E-state index contributed by atoms with van der Waals surface area (Å²) in [5.74, 6) is -0.944. The van der Waals surface area contributed by atoms with Crippen molar-refractivity contribution in [3.05, 3.63) is 54.6 Å². The molecule has 1 atom stereocenters. The van der Waals surface area contributed by atoms with Gasteiger partial charge >= 0.3 is 0 Å². The van der Waals surface area contributed by atoms with Crippen LogP contribution in [-0.2, 0) is 19.6 Å². The molecule has 0 saturated carbocycles. The van der Waals surface area contributed by atoms with Gasteiger partial charge in [-0.15, -0.1) is 0 Å². The van der Waals surface area contributed by atoms with E-state index < -0.39 is 27.9 Å². The normalized spacial score (nSPS) is 12.6. The third kappa shape index (κ3) is 6.33. The fraction of sp³-hybridized carbons (Fsp3) is 0.286. The molecule has 8 nitrogen and oxygen atoms in total. The van der Waals surface area contributed by atoms with Gasteiger partial charge in [0.2, 0.25) is 21.8 Å². The Morgan fingerprint density at radius 3 is 2.39 bits per heavy atom. The van der Waals surface area contributed by atoms with E-state index in [0.29, 0.717) is 5.13 Å². The van der Waals surface area contributed by atoms with Gasteiger partial charge in [0.25, 0.3) is 0 Å². The number of benzene rings is 2. The standard InChI is InChI=1S/C21H24N4O4S2/c1-14(2)12-17(25-31(28,29)15-8-4-3-5-9-15)20(27)22-13-19(26)24-21-23-16-10-6-7-11-18(16)30-21/h3-11,14,17,25H,12-13H2,1-2H3,(H,22,27)(H,23,24,26)/t17-/m0/s1. The molecule has 0 bridgehead atoms. The Morgan fingerprint density at radius 1 is 1.03 bits per heavy atom. The summed E-state index contributed by atoms with van der Waals surface area (Å²) in [5.41, 5.74) is 0.777. The number of carbonyl (C=O) groups is 2. The summed E-state index contributed by atoms with van der Waals surface area (Å²) in [5, 5.41) is 5.60. The molecule has 31 heavy (non-hydrogen) atoms. The van der Waals surface area contributed by atoms with E-state index in [4.69, 9.17) is 0 Å². The van der Waals surface area contributed by atoms with E-state index >= 15 is 0 Å². The number of sulfonamides is 1. The third-order valence-electron chi connectivity index (χ3n) is 4.34. The molecule has 0 aliphatic rings. The first kappa shape index (κ1) is 22.9. The average molecular weight is 461 g/mol. The molecular formula is C21H24N4O4S2. The van der Waals surface area contributed by atoms with E-state index in [1.54, 1.807) is 18.2 Å². The number of aromatic nitrogens is 1. The first-order valence-corrected chi connectivity index (χ1v) is 12.0. The maximum Gasteiger partial charge on any atom is 0.245 e. The minimum atomic E-state index is -3.87. The van der Waals surface area contributed by atoms with Gasteiger partial charge in [0, 0.05) is 0 Å². The van der Waals surface area contributed by atoms with Crippen LogP contribution in [0.3, 0.4) is 0 Å². The maximum atomic E-state index is 12.7. The van der Waals surface area contributed by atoms with Crippen molar-refractivity contribution in [1.82, 2.24) is 15.0 Å². The summed E-state index contributed by atoms with van der Waals surface area (Å²) < 4.78 is 28.6. The second-order valence-corrected chi connectivity index (χ2v) is 10.1. The second-order valence-electron chi connectivity index (χ2n) is 7.37. The van der Waals surface area contributed by atoms with Crippen molar-refractivity contribution in [1.29, 1.82) is 0 Å². The van der Waals surface area contributed by atoms with Gasteiger partial charge in [-0.25, -0.2) is 13.4 Å². The molecule has 0 fully saturated rings. The van der Waals surface area contributed by atoms with Crippen LogP contribution in [0.4, 0.5) is 5.13 Å². The summed E-state index contributed by atoms with van der Waals surface area (Å²) >= 11 is 1.33. The fourth-order valence-electron chi connectivity index (χ4n) is 2.91. The summed E-state index contributed by atoms with van der Waals surface area (Å²) in [6, 6.07) is 14.3. The van der Waals surface area contributed by atoms with Gasteiger partial charge in [0.1, 0.15) is 6.04 Å². The van der Waals surface area contributed by atoms with Crippen LogP contribution in [0.1, 0.15) is 20.3 Å². The summed E-state index contributed by atoms with van der Waals surface area (Å²) in [6.07, 6.45) is 0.289. The monoisotopic (exact) mass is 460 g/mol. The fourth-order valence-corrected chi connectivity index (χ4v) is 5.03. The number of para-hydroxylation sites is 1. The minimum Gasteiger partial charge on any atom is -0.346 e. The van der Waals surface area contributed by atoms with Crippen LogP contribution < -0.4 is 15.4 Å². The molecule has 2 aromatic carbocycles. The van der Waals surface area contributed by atoms with Gasteiger partial charge in [-0.2, -0.15) is 4.72 Å². The lowest BCUT2D eigenvalue weighted by Crippen LogP contribution is -2.48. The number of nitrogens with zero attached hydrogens (tertiary/aromatic N) is 1. The molecule has 0 aliphatic carbocycles. The van der Waals surface area contributed by atoms with Crippen molar-refractivity contribution < 1.29 is 18.0 Å². The Bertz CT molecular complexity index is 1130. The zero-order chi connectivity index (χ0) is 22.4. The van der Waals surface area contributed by atoms with Crippen LogP contribution in [0.5, 0.6) is 0 Å². The van der Waals surface area contributed by atoms with Crippen LogP contribution in [0.2, 0.25) is 0 Å². The van der Waals surface area contributed by atoms with E-state index in [2.05, 4.69) is 20.3 Å².